The van der Waals surface area contributed by atoms with E-state index < -0.39 is 0 Å². The number of hydrogen-bond donors (Lipinski definition) is 1. The quantitative estimate of drug-likeness (QED) is 0.898. The minimum Gasteiger partial charge on any atom is -0.315 e. The largest absolute Gasteiger partial charge is 0.315 e. The summed E-state index contributed by atoms with van der Waals surface area (Å²) >= 11 is 0. The maximum absolute atomic E-state index is 11.6. The third kappa shape index (κ3) is 2.84. The maximum Gasteiger partial charge on any atom is 0.227 e. The van der Waals surface area contributed by atoms with Crippen molar-refractivity contribution in [3.05, 3.63) is 29.3 Å². The monoisotopic (exact) mass is 260 g/mol. The normalized spacial score (nSPS) is 16.2. The molecule has 1 unspecified atom stereocenters. The third-order valence-corrected chi connectivity index (χ3v) is 3.69. The number of amides is 1. The van der Waals surface area contributed by atoms with Crippen LogP contribution in [-0.4, -0.2) is 25.8 Å². The Bertz CT molecular complexity index is 511. The molecule has 1 amide bonds. The number of carbonyl (C=O) groups is 2. The molecule has 0 fully saturated rings. The number of rotatable bonds is 4. The fourth-order valence-electron chi connectivity index (χ4n) is 2.57. The van der Waals surface area contributed by atoms with Crippen molar-refractivity contribution in [1.82, 2.24) is 5.32 Å². The first kappa shape index (κ1) is 13.7. The molecule has 4 heteroatoms. The van der Waals surface area contributed by atoms with Crippen molar-refractivity contribution in [3.8, 4) is 0 Å². The van der Waals surface area contributed by atoms with Gasteiger partial charge in [-0.3, -0.25) is 9.59 Å². The average Bonchev–Trinajstić information content (AvgIpc) is 2.40. The molecule has 0 radical (unpaired) electrons. The number of Topliss-reactive ketones (excluding diaryl/α,β-unsaturated/α-hetero) is 1. The Morgan fingerprint density at radius 3 is 2.79 bits per heavy atom. The molecular weight excluding hydrogens is 240 g/mol. The molecule has 0 aromatic heterocycles. The van der Waals surface area contributed by atoms with E-state index in [1.807, 2.05) is 26.2 Å². The van der Waals surface area contributed by atoms with Crippen LogP contribution in [0, 0.1) is 0 Å². The summed E-state index contributed by atoms with van der Waals surface area (Å²) in [5, 5.41) is 3.18. The molecule has 1 atom stereocenters. The SMILES string of the molecule is CNC(CC(C)=O)c1ccc2c(c1)CCC(=O)N2C. The van der Waals surface area contributed by atoms with Crippen molar-refractivity contribution in [2.45, 2.75) is 32.2 Å². The molecule has 19 heavy (non-hydrogen) atoms. The van der Waals surface area contributed by atoms with Gasteiger partial charge in [0.1, 0.15) is 5.78 Å². The molecule has 2 rings (SSSR count). The van der Waals surface area contributed by atoms with Gasteiger partial charge in [0.15, 0.2) is 0 Å². The Morgan fingerprint density at radius 2 is 2.16 bits per heavy atom. The molecule has 0 saturated heterocycles. The molecule has 1 aliphatic heterocycles. The second-order valence-electron chi connectivity index (χ2n) is 5.09. The van der Waals surface area contributed by atoms with Gasteiger partial charge in [0.2, 0.25) is 5.91 Å². The van der Waals surface area contributed by atoms with Crippen LogP contribution in [0.3, 0.4) is 0 Å². The number of aryl methyl sites for hydroxylation is 1. The molecule has 1 aromatic carbocycles. The van der Waals surface area contributed by atoms with Crippen LogP contribution in [0.15, 0.2) is 18.2 Å². The van der Waals surface area contributed by atoms with Crippen LogP contribution >= 0.6 is 0 Å². The zero-order valence-corrected chi connectivity index (χ0v) is 11.7. The molecule has 1 aliphatic rings. The predicted octanol–water partition coefficient (Wildman–Crippen LogP) is 1.84. The summed E-state index contributed by atoms with van der Waals surface area (Å²) in [5.41, 5.74) is 3.28. The molecule has 0 aliphatic carbocycles. The summed E-state index contributed by atoms with van der Waals surface area (Å²) in [6.07, 6.45) is 1.83. The molecule has 0 spiro atoms. The first-order chi connectivity index (χ1) is 9.02. The van der Waals surface area contributed by atoms with Gasteiger partial charge in [0, 0.05) is 31.6 Å². The molecule has 1 heterocycles. The molecule has 0 bridgehead atoms. The summed E-state index contributed by atoms with van der Waals surface area (Å²) in [5.74, 6) is 0.332. The van der Waals surface area contributed by atoms with E-state index in [9.17, 15) is 9.59 Å². The van der Waals surface area contributed by atoms with E-state index in [0.29, 0.717) is 12.8 Å². The summed E-state index contributed by atoms with van der Waals surface area (Å²) in [4.78, 5) is 24.6. The summed E-state index contributed by atoms with van der Waals surface area (Å²) in [7, 11) is 3.67. The van der Waals surface area contributed by atoms with Crippen LogP contribution < -0.4 is 10.2 Å². The van der Waals surface area contributed by atoms with Gasteiger partial charge < -0.3 is 10.2 Å². The number of benzene rings is 1. The van der Waals surface area contributed by atoms with Crippen molar-refractivity contribution in [2.75, 3.05) is 19.0 Å². The Balaban J connectivity index is 2.30. The Hall–Kier alpha value is -1.68. The van der Waals surface area contributed by atoms with Crippen molar-refractivity contribution >= 4 is 17.4 Å². The van der Waals surface area contributed by atoms with Gasteiger partial charge in [-0.1, -0.05) is 12.1 Å². The maximum atomic E-state index is 11.6. The molecule has 1 aromatic rings. The third-order valence-electron chi connectivity index (χ3n) is 3.69. The van der Waals surface area contributed by atoms with Crippen LogP contribution in [0.1, 0.15) is 36.9 Å². The Kier molecular flexibility index (Phi) is 4.00. The first-order valence-corrected chi connectivity index (χ1v) is 6.59. The number of fused-ring (bicyclic) bond motifs is 1. The predicted molar refractivity (Wildman–Crippen MR) is 75.3 cm³/mol. The molecular formula is C15H20N2O2. The molecule has 1 N–H and O–H groups in total. The smallest absolute Gasteiger partial charge is 0.227 e. The van der Waals surface area contributed by atoms with E-state index in [0.717, 1.165) is 17.7 Å². The summed E-state index contributed by atoms with van der Waals surface area (Å²) in [6, 6.07) is 6.14. The van der Waals surface area contributed by atoms with Crippen molar-refractivity contribution in [1.29, 1.82) is 0 Å². The lowest BCUT2D eigenvalue weighted by Crippen LogP contribution is -2.31. The summed E-state index contributed by atoms with van der Waals surface area (Å²) < 4.78 is 0. The van der Waals surface area contributed by atoms with Crippen molar-refractivity contribution in [3.63, 3.8) is 0 Å². The van der Waals surface area contributed by atoms with Gasteiger partial charge in [0.25, 0.3) is 0 Å². The lowest BCUT2D eigenvalue weighted by Gasteiger charge is -2.27. The van der Waals surface area contributed by atoms with E-state index in [4.69, 9.17) is 0 Å². The van der Waals surface area contributed by atoms with Crippen molar-refractivity contribution < 1.29 is 9.59 Å². The van der Waals surface area contributed by atoms with Gasteiger partial charge in [-0.05, 0) is 37.6 Å². The van der Waals surface area contributed by atoms with Gasteiger partial charge in [-0.25, -0.2) is 0 Å². The van der Waals surface area contributed by atoms with Crippen LogP contribution in [0.25, 0.3) is 0 Å². The first-order valence-electron chi connectivity index (χ1n) is 6.59. The Labute approximate surface area is 113 Å². The number of nitrogens with zero attached hydrogens (tertiary/aromatic N) is 1. The van der Waals surface area contributed by atoms with Gasteiger partial charge in [-0.2, -0.15) is 0 Å². The minimum atomic E-state index is 0.0470. The standard InChI is InChI=1S/C15H20N2O2/c1-10(18)8-13(16-2)11-4-6-14-12(9-11)5-7-15(19)17(14)3/h4,6,9,13,16H,5,7-8H2,1-3H3. The van der Waals surface area contributed by atoms with E-state index in [-0.39, 0.29) is 17.7 Å². The highest BCUT2D eigenvalue weighted by Gasteiger charge is 2.22. The van der Waals surface area contributed by atoms with Gasteiger partial charge in [0.05, 0.1) is 0 Å². The lowest BCUT2D eigenvalue weighted by molar-refractivity contribution is -0.119. The number of carbonyl (C=O) groups excluding carboxylic acids is 2. The van der Waals surface area contributed by atoms with E-state index in [2.05, 4.69) is 11.4 Å². The molecule has 102 valence electrons. The number of hydrogen-bond acceptors (Lipinski definition) is 3. The number of anilines is 1. The highest BCUT2D eigenvalue weighted by Crippen LogP contribution is 2.30. The fourth-order valence-corrected chi connectivity index (χ4v) is 2.57. The van der Waals surface area contributed by atoms with Crippen LogP contribution in [0.4, 0.5) is 5.69 Å². The van der Waals surface area contributed by atoms with Crippen molar-refractivity contribution in [2.24, 2.45) is 0 Å². The highest BCUT2D eigenvalue weighted by molar-refractivity contribution is 5.95. The van der Waals surface area contributed by atoms with Crippen LogP contribution in [0.2, 0.25) is 0 Å². The molecule has 0 saturated carbocycles. The second-order valence-corrected chi connectivity index (χ2v) is 5.09. The topological polar surface area (TPSA) is 49.4 Å². The van der Waals surface area contributed by atoms with Gasteiger partial charge in [-0.15, -0.1) is 0 Å². The number of ketones is 1. The average molecular weight is 260 g/mol. The fraction of sp³-hybridized carbons (Fsp3) is 0.467. The zero-order chi connectivity index (χ0) is 14.0. The summed E-state index contributed by atoms with van der Waals surface area (Å²) in [6.45, 7) is 1.61. The van der Waals surface area contributed by atoms with Gasteiger partial charge >= 0.3 is 0 Å². The van der Waals surface area contributed by atoms with E-state index >= 15 is 0 Å². The minimum absolute atomic E-state index is 0.0470. The zero-order valence-electron chi connectivity index (χ0n) is 11.7. The molecule has 4 nitrogen and oxygen atoms in total. The van der Waals surface area contributed by atoms with E-state index in [1.54, 1.807) is 11.8 Å². The lowest BCUT2D eigenvalue weighted by atomic mass is 9.94. The van der Waals surface area contributed by atoms with E-state index in [1.165, 1.54) is 5.56 Å². The van der Waals surface area contributed by atoms with Crippen LogP contribution in [-0.2, 0) is 16.0 Å². The second kappa shape index (κ2) is 5.53. The number of nitrogens with one attached hydrogen (secondary N) is 1. The highest BCUT2D eigenvalue weighted by atomic mass is 16.2. The Morgan fingerprint density at radius 1 is 1.42 bits per heavy atom. The van der Waals surface area contributed by atoms with Crippen LogP contribution in [0.5, 0.6) is 0 Å².